The first kappa shape index (κ1) is 15.6. The molecule has 7 heteroatoms. The van der Waals surface area contributed by atoms with Gasteiger partial charge in [0, 0.05) is 36.8 Å². The molecule has 1 aromatic carbocycles. The van der Waals surface area contributed by atoms with Gasteiger partial charge in [0.15, 0.2) is 0 Å². The van der Waals surface area contributed by atoms with Crippen molar-refractivity contribution in [1.29, 1.82) is 0 Å². The number of benzene rings is 1. The van der Waals surface area contributed by atoms with Crippen molar-refractivity contribution >= 4 is 5.91 Å². The fourth-order valence-corrected chi connectivity index (χ4v) is 2.81. The molecule has 0 radical (unpaired) electrons. The summed E-state index contributed by atoms with van der Waals surface area (Å²) in [4.78, 5) is 16.3. The molecule has 1 aliphatic heterocycles. The van der Waals surface area contributed by atoms with E-state index in [1.165, 1.54) is 0 Å². The van der Waals surface area contributed by atoms with Gasteiger partial charge in [0.05, 0.1) is 6.10 Å². The summed E-state index contributed by atoms with van der Waals surface area (Å²) in [5.74, 6) is -0.0259. The molecule has 0 spiro atoms. The van der Waals surface area contributed by atoms with Gasteiger partial charge in [-0.05, 0) is 49.2 Å². The number of ether oxygens (including phenoxy) is 1. The quantitative estimate of drug-likeness (QED) is 0.773. The second kappa shape index (κ2) is 6.90. The molecule has 7 nitrogen and oxygen atoms in total. The minimum absolute atomic E-state index is 0.0394. The van der Waals surface area contributed by atoms with Crippen LogP contribution in [0.15, 0.2) is 53.3 Å². The lowest BCUT2D eigenvalue weighted by molar-refractivity contribution is 0.0822. The Morgan fingerprint density at radius 1 is 1.24 bits per heavy atom. The van der Waals surface area contributed by atoms with E-state index in [1.807, 2.05) is 53.4 Å². The van der Waals surface area contributed by atoms with Crippen molar-refractivity contribution in [3.05, 3.63) is 54.7 Å². The van der Waals surface area contributed by atoms with Crippen molar-refractivity contribution in [1.82, 2.24) is 20.0 Å². The zero-order valence-corrected chi connectivity index (χ0v) is 13.6. The van der Waals surface area contributed by atoms with Crippen molar-refractivity contribution in [2.75, 3.05) is 13.2 Å². The van der Waals surface area contributed by atoms with Crippen molar-refractivity contribution in [3.8, 4) is 17.1 Å². The van der Waals surface area contributed by atoms with E-state index in [-0.39, 0.29) is 17.9 Å². The Kier molecular flexibility index (Phi) is 4.30. The number of rotatable bonds is 5. The van der Waals surface area contributed by atoms with E-state index in [2.05, 4.69) is 15.5 Å². The van der Waals surface area contributed by atoms with Gasteiger partial charge in [-0.15, -0.1) is 0 Å². The van der Waals surface area contributed by atoms with E-state index < -0.39 is 0 Å². The van der Waals surface area contributed by atoms with Crippen LogP contribution >= 0.6 is 0 Å². The van der Waals surface area contributed by atoms with Crippen LogP contribution in [-0.2, 0) is 4.74 Å². The molecule has 4 rings (SSSR count). The topological polar surface area (TPSA) is 82.2 Å². The minimum Gasteiger partial charge on any atom is -0.376 e. The third-order valence-electron chi connectivity index (χ3n) is 4.16. The maximum Gasteiger partial charge on any atom is 0.316 e. The minimum atomic E-state index is -0.377. The van der Waals surface area contributed by atoms with Gasteiger partial charge in [-0.1, -0.05) is 5.16 Å². The number of carbonyl (C=O) groups excluding carboxylic acids is 1. The molecule has 1 aliphatic rings. The fraction of sp³-hybridized carbons (Fsp3) is 0.278. The van der Waals surface area contributed by atoms with Crippen LogP contribution in [0.4, 0.5) is 0 Å². The van der Waals surface area contributed by atoms with Gasteiger partial charge in [0.1, 0.15) is 0 Å². The Labute approximate surface area is 144 Å². The van der Waals surface area contributed by atoms with Gasteiger partial charge in [0.25, 0.3) is 0 Å². The predicted molar refractivity (Wildman–Crippen MR) is 90.4 cm³/mol. The third kappa shape index (κ3) is 3.46. The Balaban J connectivity index is 1.42. The number of nitrogens with one attached hydrogen (secondary N) is 1. The zero-order valence-electron chi connectivity index (χ0n) is 13.6. The SMILES string of the molecule is O=C(NC[C@@H]1CCCO1)c1nc(-c2ccc(-n3cccc3)cc2)no1. The predicted octanol–water partition coefficient (Wildman–Crippen LogP) is 2.44. The molecule has 1 N–H and O–H groups in total. The van der Waals surface area contributed by atoms with E-state index in [9.17, 15) is 4.79 Å². The fourth-order valence-electron chi connectivity index (χ4n) is 2.81. The van der Waals surface area contributed by atoms with Gasteiger partial charge in [-0.3, -0.25) is 4.79 Å². The molecular weight excluding hydrogens is 320 g/mol. The highest BCUT2D eigenvalue weighted by molar-refractivity contribution is 5.89. The largest absolute Gasteiger partial charge is 0.376 e. The maximum absolute atomic E-state index is 12.1. The summed E-state index contributed by atoms with van der Waals surface area (Å²) in [5.41, 5.74) is 1.82. The number of carbonyl (C=O) groups is 1. The molecule has 3 aromatic rings. The third-order valence-corrected chi connectivity index (χ3v) is 4.16. The van der Waals surface area contributed by atoms with E-state index in [0.29, 0.717) is 12.4 Å². The summed E-state index contributed by atoms with van der Waals surface area (Å²) in [5, 5.41) is 6.66. The lowest BCUT2D eigenvalue weighted by Crippen LogP contribution is -2.31. The van der Waals surface area contributed by atoms with Crippen LogP contribution in [0.25, 0.3) is 17.1 Å². The number of amides is 1. The molecule has 1 atom stereocenters. The normalized spacial score (nSPS) is 16.9. The highest BCUT2D eigenvalue weighted by Crippen LogP contribution is 2.18. The molecule has 1 amide bonds. The lowest BCUT2D eigenvalue weighted by atomic mass is 10.2. The molecular formula is C18H18N4O3. The highest BCUT2D eigenvalue weighted by atomic mass is 16.5. The van der Waals surface area contributed by atoms with Crippen LogP contribution in [0.5, 0.6) is 0 Å². The summed E-state index contributed by atoms with van der Waals surface area (Å²) in [6, 6.07) is 11.7. The van der Waals surface area contributed by atoms with Crippen LogP contribution in [0.1, 0.15) is 23.5 Å². The Bertz CT molecular complexity index is 834. The molecule has 128 valence electrons. The number of hydrogen-bond acceptors (Lipinski definition) is 5. The molecule has 0 aliphatic carbocycles. The average molecular weight is 338 g/mol. The molecule has 1 fully saturated rings. The smallest absolute Gasteiger partial charge is 0.316 e. The monoisotopic (exact) mass is 338 g/mol. The van der Waals surface area contributed by atoms with Crippen molar-refractivity contribution in [3.63, 3.8) is 0 Å². The second-order valence-corrected chi connectivity index (χ2v) is 5.91. The summed E-state index contributed by atoms with van der Waals surface area (Å²) in [7, 11) is 0. The molecule has 25 heavy (non-hydrogen) atoms. The van der Waals surface area contributed by atoms with E-state index in [4.69, 9.17) is 9.26 Å². The van der Waals surface area contributed by atoms with Crippen LogP contribution in [0, 0.1) is 0 Å². The molecule has 1 saturated heterocycles. The number of aromatic nitrogens is 3. The Hall–Kier alpha value is -2.93. The standard InChI is InChI=1S/C18H18N4O3/c23-17(19-12-15-4-3-11-24-15)18-20-16(21-25-18)13-5-7-14(8-6-13)22-9-1-2-10-22/h1-2,5-10,15H,3-4,11-12H2,(H,19,23)/t15-/m0/s1. The first-order valence-corrected chi connectivity index (χ1v) is 8.27. The summed E-state index contributed by atoms with van der Waals surface area (Å²) in [6.45, 7) is 1.21. The Morgan fingerprint density at radius 2 is 2.04 bits per heavy atom. The summed E-state index contributed by atoms with van der Waals surface area (Å²) in [6.07, 6.45) is 6.01. The van der Waals surface area contributed by atoms with Gasteiger partial charge in [-0.2, -0.15) is 4.98 Å². The van der Waals surface area contributed by atoms with E-state index >= 15 is 0 Å². The van der Waals surface area contributed by atoms with Crippen LogP contribution in [-0.4, -0.2) is 39.9 Å². The van der Waals surface area contributed by atoms with Gasteiger partial charge in [0.2, 0.25) is 5.82 Å². The van der Waals surface area contributed by atoms with Gasteiger partial charge >= 0.3 is 11.8 Å². The van der Waals surface area contributed by atoms with E-state index in [0.717, 1.165) is 30.7 Å². The maximum atomic E-state index is 12.1. The molecule has 0 saturated carbocycles. The Morgan fingerprint density at radius 3 is 2.76 bits per heavy atom. The molecule has 0 bridgehead atoms. The highest BCUT2D eigenvalue weighted by Gasteiger charge is 2.20. The lowest BCUT2D eigenvalue weighted by Gasteiger charge is -2.08. The molecule has 2 aromatic heterocycles. The summed E-state index contributed by atoms with van der Waals surface area (Å²) >= 11 is 0. The van der Waals surface area contributed by atoms with Gasteiger partial charge in [-0.25, -0.2) is 0 Å². The molecule has 0 unspecified atom stereocenters. The zero-order chi connectivity index (χ0) is 17.1. The van der Waals surface area contributed by atoms with Crippen molar-refractivity contribution in [2.24, 2.45) is 0 Å². The van der Waals surface area contributed by atoms with Crippen molar-refractivity contribution in [2.45, 2.75) is 18.9 Å². The van der Waals surface area contributed by atoms with Gasteiger partial charge < -0.3 is 19.1 Å². The van der Waals surface area contributed by atoms with Crippen LogP contribution < -0.4 is 5.32 Å². The van der Waals surface area contributed by atoms with Crippen LogP contribution in [0.3, 0.4) is 0 Å². The summed E-state index contributed by atoms with van der Waals surface area (Å²) < 4.78 is 12.6. The van der Waals surface area contributed by atoms with Crippen LogP contribution in [0.2, 0.25) is 0 Å². The average Bonchev–Trinajstić information content (AvgIpc) is 3.42. The number of nitrogens with zero attached hydrogens (tertiary/aromatic N) is 3. The van der Waals surface area contributed by atoms with Crippen molar-refractivity contribution < 1.29 is 14.1 Å². The number of hydrogen-bond donors (Lipinski definition) is 1. The second-order valence-electron chi connectivity index (χ2n) is 5.91. The molecule has 3 heterocycles. The first-order valence-electron chi connectivity index (χ1n) is 8.27. The first-order chi connectivity index (χ1) is 12.3. The van der Waals surface area contributed by atoms with E-state index in [1.54, 1.807) is 0 Å².